The number of nitrogens with one attached hydrogen (secondary N) is 1. The summed E-state index contributed by atoms with van der Waals surface area (Å²) in [5.74, 6) is 0.0494. The van der Waals surface area contributed by atoms with Gasteiger partial charge in [0.25, 0.3) is 5.91 Å². The maximum atomic E-state index is 13.4. The van der Waals surface area contributed by atoms with E-state index in [1.807, 2.05) is 0 Å². The van der Waals surface area contributed by atoms with Crippen molar-refractivity contribution in [1.29, 1.82) is 0 Å². The number of hydrogen-bond acceptors (Lipinski definition) is 5. The summed E-state index contributed by atoms with van der Waals surface area (Å²) in [4.78, 5) is 41.8. The molecule has 0 saturated carbocycles. The standard InChI is InChI=1S/C27H30FN3O5/c1-27(20-12-14-30(15-13-20)23(32)11-10-18-6-4-8-21(28)16-18)25(33)31(26(34)29-27)17-19-7-5-9-22(35-2)24(19)36-3/h4-11,16,20H,12-15,17H2,1-3H3,(H,29,34). The van der Waals surface area contributed by atoms with Gasteiger partial charge in [0.15, 0.2) is 11.5 Å². The lowest BCUT2D eigenvalue weighted by atomic mass is 9.79. The lowest BCUT2D eigenvalue weighted by Crippen LogP contribution is -2.54. The summed E-state index contributed by atoms with van der Waals surface area (Å²) in [7, 11) is 3.04. The van der Waals surface area contributed by atoms with Crippen LogP contribution in [0.15, 0.2) is 48.5 Å². The molecule has 0 bridgehead atoms. The molecule has 4 rings (SSSR count). The Morgan fingerprint density at radius 2 is 1.86 bits per heavy atom. The van der Waals surface area contributed by atoms with Gasteiger partial charge in [-0.3, -0.25) is 14.5 Å². The Bertz CT molecular complexity index is 1190. The number of imide groups is 1. The van der Waals surface area contributed by atoms with Crippen LogP contribution in [0.3, 0.4) is 0 Å². The fourth-order valence-electron chi connectivity index (χ4n) is 4.94. The van der Waals surface area contributed by atoms with Crippen LogP contribution in [0.25, 0.3) is 6.08 Å². The number of halogens is 1. The molecule has 1 N–H and O–H groups in total. The third-order valence-electron chi connectivity index (χ3n) is 7.00. The van der Waals surface area contributed by atoms with Crippen molar-refractivity contribution in [2.75, 3.05) is 27.3 Å². The topological polar surface area (TPSA) is 88.2 Å². The van der Waals surface area contributed by atoms with Crippen LogP contribution in [0.5, 0.6) is 11.5 Å². The van der Waals surface area contributed by atoms with Crippen LogP contribution in [0.1, 0.15) is 30.9 Å². The average Bonchev–Trinajstić information content (AvgIpc) is 3.10. The molecular weight excluding hydrogens is 465 g/mol. The molecule has 0 radical (unpaired) electrons. The van der Waals surface area contributed by atoms with Crippen LogP contribution in [0, 0.1) is 11.7 Å². The zero-order valence-corrected chi connectivity index (χ0v) is 20.6. The predicted octanol–water partition coefficient (Wildman–Crippen LogP) is 3.61. The summed E-state index contributed by atoms with van der Waals surface area (Å²) in [6.07, 6.45) is 4.16. The number of methoxy groups -OCH3 is 2. The molecule has 2 aromatic rings. The van der Waals surface area contributed by atoms with Crippen molar-refractivity contribution < 1.29 is 28.2 Å². The van der Waals surface area contributed by atoms with Crippen LogP contribution in [-0.4, -0.2) is 60.5 Å². The van der Waals surface area contributed by atoms with Crippen molar-refractivity contribution in [3.63, 3.8) is 0 Å². The molecule has 0 aliphatic carbocycles. The number of carbonyl (C=O) groups is 3. The normalized spacial score (nSPS) is 20.7. The third kappa shape index (κ3) is 4.91. The molecular formula is C27H30FN3O5. The second kappa shape index (κ2) is 10.4. The van der Waals surface area contributed by atoms with Crippen molar-refractivity contribution in [2.45, 2.75) is 31.8 Å². The van der Waals surface area contributed by atoms with E-state index in [0.29, 0.717) is 48.6 Å². The number of urea groups is 1. The Morgan fingerprint density at radius 1 is 1.14 bits per heavy atom. The van der Waals surface area contributed by atoms with E-state index >= 15 is 0 Å². The van der Waals surface area contributed by atoms with E-state index < -0.39 is 11.6 Å². The number of rotatable bonds is 7. The Labute approximate surface area is 209 Å². The van der Waals surface area contributed by atoms with Crippen molar-refractivity contribution in [3.05, 3.63) is 65.5 Å². The van der Waals surface area contributed by atoms with Gasteiger partial charge in [-0.15, -0.1) is 0 Å². The molecule has 2 saturated heterocycles. The second-order valence-corrected chi connectivity index (χ2v) is 9.16. The number of ether oxygens (including phenoxy) is 2. The van der Waals surface area contributed by atoms with Gasteiger partial charge in [0.2, 0.25) is 5.91 Å². The van der Waals surface area contributed by atoms with E-state index in [-0.39, 0.29) is 30.1 Å². The molecule has 2 heterocycles. The summed E-state index contributed by atoms with van der Waals surface area (Å²) in [5.41, 5.74) is 0.211. The average molecular weight is 496 g/mol. The molecule has 0 aromatic heterocycles. The fraction of sp³-hybridized carbons (Fsp3) is 0.370. The van der Waals surface area contributed by atoms with Gasteiger partial charge < -0.3 is 19.7 Å². The first-order valence-corrected chi connectivity index (χ1v) is 11.8. The molecule has 8 nitrogen and oxygen atoms in total. The quantitative estimate of drug-likeness (QED) is 0.468. The van der Waals surface area contributed by atoms with Gasteiger partial charge in [0, 0.05) is 24.7 Å². The Morgan fingerprint density at radius 3 is 2.53 bits per heavy atom. The molecule has 2 aliphatic heterocycles. The first-order chi connectivity index (χ1) is 17.3. The smallest absolute Gasteiger partial charge is 0.325 e. The van der Waals surface area contributed by atoms with E-state index in [9.17, 15) is 18.8 Å². The van der Waals surface area contributed by atoms with Crippen LogP contribution >= 0.6 is 0 Å². The van der Waals surface area contributed by atoms with Gasteiger partial charge in [-0.1, -0.05) is 24.3 Å². The molecule has 1 unspecified atom stereocenters. The van der Waals surface area contributed by atoms with Crippen molar-refractivity contribution in [3.8, 4) is 11.5 Å². The molecule has 2 aromatic carbocycles. The molecule has 2 aliphatic rings. The van der Waals surface area contributed by atoms with Crippen molar-refractivity contribution in [1.82, 2.24) is 15.1 Å². The minimum atomic E-state index is -1.06. The minimum absolute atomic E-state index is 0.0584. The van der Waals surface area contributed by atoms with Gasteiger partial charge in [0.05, 0.1) is 20.8 Å². The van der Waals surface area contributed by atoms with E-state index in [4.69, 9.17) is 9.47 Å². The molecule has 190 valence electrons. The molecule has 1 atom stereocenters. The molecule has 36 heavy (non-hydrogen) atoms. The largest absolute Gasteiger partial charge is 0.493 e. The summed E-state index contributed by atoms with van der Waals surface area (Å²) in [5, 5.41) is 2.89. The fourth-order valence-corrected chi connectivity index (χ4v) is 4.94. The van der Waals surface area contributed by atoms with Gasteiger partial charge in [-0.2, -0.15) is 0 Å². The molecule has 0 spiro atoms. The number of amides is 4. The lowest BCUT2D eigenvalue weighted by Gasteiger charge is -2.38. The zero-order valence-electron chi connectivity index (χ0n) is 20.6. The van der Waals surface area contributed by atoms with Gasteiger partial charge in [-0.25, -0.2) is 9.18 Å². The summed E-state index contributed by atoms with van der Waals surface area (Å²) in [6, 6.07) is 10.9. The number of piperidine rings is 1. The summed E-state index contributed by atoms with van der Waals surface area (Å²) < 4.78 is 24.1. The number of benzene rings is 2. The lowest BCUT2D eigenvalue weighted by molar-refractivity contribution is -0.134. The Hall–Kier alpha value is -3.88. The Balaban J connectivity index is 1.40. The maximum absolute atomic E-state index is 13.4. The number of likely N-dealkylation sites (tertiary alicyclic amines) is 1. The highest BCUT2D eigenvalue weighted by atomic mass is 19.1. The third-order valence-corrected chi connectivity index (χ3v) is 7.00. The van der Waals surface area contributed by atoms with Crippen molar-refractivity contribution in [2.24, 2.45) is 5.92 Å². The first-order valence-electron chi connectivity index (χ1n) is 11.8. The van der Waals surface area contributed by atoms with E-state index in [0.717, 1.165) is 0 Å². The van der Waals surface area contributed by atoms with E-state index in [1.165, 1.54) is 37.3 Å². The van der Waals surface area contributed by atoms with Crippen molar-refractivity contribution >= 4 is 23.9 Å². The van der Waals surface area contributed by atoms with Gasteiger partial charge in [0.1, 0.15) is 11.4 Å². The highest BCUT2D eigenvalue weighted by Gasteiger charge is 2.53. The van der Waals surface area contributed by atoms with E-state index in [1.54, 1.807) is 48.2 Å². The number of nitrogens with zero attached hydrogens (tertiary/aromatic N) is 2. The number of para-hydroxylation sites is 1. The SMILES string of the molecule is COc1cccc(CN2C(=O)NC(C)(C3CCN(C(=O)C=Cc4cccc(F)c4)CC3)C2=O)c1OC. The van der Waals surface area contributed by atoms with Crippen LogP contribution in [-0.2, 0) is 16.1 Å². The maximum Gasteiger partial charge on any atom is 0.325 e. The predicted molar refractivity (Wildman–Crippen MR) is 132 cm³/mol. The molecule has 2 fully saturated rings. The second-order valence-electron chi connectivity index (χ2n) is 9.16. The van der Waals surface area contributed by atoms with E-state index in [2.05, 4.69) is 5.32 Å². The molecule has 4 amide bonds. The summed E-state index contributed by atoms with van der Waals surface area (Å²) in [6.45, 7) is 2.73. The van der Waals surface area contributed by atoms with Gasteiger partial charge >= 0.3 is 6.03 Å². The number of hydrogen-bond donors (Lipinski definition) is 1. The zero-order chi connectivity index (χ0) is 25.9. The highest BCUT2D eigenvalue weighted by molar-refractivity contribution is 6.07. The monoisotopic (exact) mass is 495 g/mol. The minimum Gasteiger partial charge on any atom is -0.493 e. The van der Waals surface area contributed by atoms with Crippen LogP contribution in [0.4, 0.5) is 9.18 Å². The van der Waals surface area contributed by atoms with Crippen LogP contribution in [0.2, 0.25) is 0 Å². The van der Waals surface area contributed by atoms with Gasteiger partial charge in [-0.05, 0) is 55.5 Å². The first kappa shape index (κ1) is 25.2. The highest BCUT2D eigenvalue weighted by Crippen LogP contribution is 2.36. The summed E-state index contributed by atoms with van der Waals surface area (Å²) >= 11 is 0. The molecule has 9 heteroatoms. The Kier molecular flexibility index (Phi) is 7.28. The number of carbonyl (C=O) groups excluding carboxylic acids is 3. The van der Waals surface area contributed by atoms with Crippen LogP contribution < -0.4 is 14.8 Å².